The van der Waals surface area contributed by atoms with Gasteiger partial charge in [-0.25, -0.2) is 0 Å². The molecule has 24 heavy (non-hydrogen) atoms. The second-order valence-corrected chi connectivity index (χ2v) is 5.93. The van der Waals surface area contributed by atoms with Crippen molar-refractivity contribution in [2.24, 2.45) is 0 Å². The van der Waals surface area contributed by atoms with Crippen molar-refractivity contribution < 1.29 is 18.6 Å². The third-order valence-corrected chi connectivity index (χ3v) is 4.44. The van der Waals surface area contributed by atoms with Gasteiger partial charge in [-0.05, 0) is 23.9 Å². The summed E-state index contributed by atoms with van der Waals surface area (Å²) < 4.78 is 21.7. The summed E-state index contributed by atoms with van der Waals surface area (Å²) in [6.07, 6.45) is 0. The molecule has 0 aliphatic carbocycles. The number of benzene rings is 2. The van der Waals surface area contributed by atoms with Gasteiger partial charge < -0.3 is 18.6 Å². The normalized spacial score (nSPS) is 10.6. The molecule has 0 atom stereocenters. The molecule has 5 nitrogen and oxygen atoms in total. The van der Waals surface area contributed by atoms with Crippen LogP contribution in [0, 0.1) is 0 Å². The van der Waals surface area contributed by atoms with Crippen LogP contribution in [0.2, 0.25) is 0 Å². The fourth-order valence-electron chi connectivity index (χ4n) is 2.35. The van der Waals surface area contributed by atoms with E-state index in [0.717, 1.165) is 4.90 Å². The molecule has 1 aromatic heterocycles. The summed E-state index contributed by atoms with van der Waals surface area (Å²) in [6.45, 7) is 0. The maximum atomic E-state index is 12.5. The zero-order valence-electron chi connectivity index (χ0n) is 13.5. The van der Waals surface area contributed by atoms with Crippen LogP contribution in [0.1, 0.15) is 0 Å². The summed E-state index contributed by atoms with van der Waals surface area (Å²) in [5.74, 6) is 1.70. The fraction of sp³-hybridized carbons (Fsp3) is 0.167. The van der Waals surface area contributed by atoms with E-state index in [1.54, 1.807) is 26.4 Å². The molecule has 0 unspecified atom stereocenters. The van der Waals surface area contributed by atoms with Crippen LogP contribution in [0.3, 0.4) is 0 Å². The molecule has 1 heterocycles. The Bertz CT molecular complexity index is 932. The molecule has 0 saturated carbocycles. The van der Waals surface area contributed by atoms with Gasteiger partial charge in [-0.1, -0.05) is 12.1 Å². The van der Waals surface area contributed by atoms with Crippen molar-refractivity contribution in [1.29, 1.82) is 0 Å². The highest BCUT2D eigenvalue weighted by atomic mass is 32.2. The molecule has 0 bridgehead atoms. The average Bonchev–Trinajstić information content (AvgIpc) is 2.60. The lowest BCUT2D eigenvalue weighted by molar-refractivity contribution is 0.394. The lowest BCUT2D eigenvalue weighted by Crippen LogP contribution is -2.03. The number of hydrogen-bond acceptors (Lipinski definition) is 6. The zero-order chi connectivity index (χ0) is 17.1. The third kappa shape index (κ3) is 3.05. The Morgan fingerprint density at radius 3 is 2.38 bits per heavy atom. The molecular weight excluding hydrogens is 328 g/mol. The average molecular weight is 344 g/mol. The van der Waals surface area contributed by atoms with Crippen molar-refractivity contribution in [3.63, 3.8) is 0 Å². The Morgan fingerprint density at radius 2 is 1.67 bits per heavy atom. The Labute approximate surface area is 143 Å². The number of ether oxygens (including phenoxy) is 3. The maximum absolute atomic E-state index is 12.5. The summed E-state index contributed by atoms with van der Waals surface area (Å²) in [5, 5.41) is 0.856. The molecule has 0 fully saturated rings. The second kappa shape index (κ2) is 6.88. The summed E-state index contributed by atoms with van der Waals surface area (Å²) in [4.78, 5) is 13.4. The maximum Gasteiger partial charge on any atom is 0.197 e. The summed E-state index contributed by atoms with van der Waals surface area (Å²) >= 11 is 1.32. The van der Waals surface area contributed by atoms with E-state index >= 15 is 0 Å². The van der Waals surface area contributed by atoms with Gasteiger partial charge in [-0.3, -0.25) is 4.79 Å². The first kappa shape index (κ1) is 16.3. The predicted molar refractivity (Wildman–Crippen MR) is 92.7 cm³/mol. The molecule has 2 aromatic carbocycles. The van der Waals surface area contributed by atoms with Crippen LogP contribution in [-0.2, 0) is 0 Å². The molecule has 0 N–H and O–H groups in total. The molecule has 0 saturated heterocycles. The van der Waals surface area contributed by atoms with Gasteiger partial charge in [0.1, 0.15) is 28.2 Å². The molecular formula is C18H16O5S. The lowest BCUT2D eigenvalue weighted by atomic mass is 10.2. The SMILES string of the molecule is COc1cc(OC)c2c(=O)cc(Sc3ccccc3OC)oc2c1. The van der Waals surface area contributed by atoms with E-state index in [-0.39, 0.29) is 5.43 Å². The van der Waals surface area contributed by atoms with Crippen LogP contribution < -0.4 is 19.6 Å². The molecule has 0 aliphatic rings. The van der Waals surface area contributed by atoms with Crippen LogP contribution >= 0.6 is 11.8 Å². The topological polar surface area (TPSA) is 57.9 Å². The van der Waals surface area contributed by atoms with Crippen LogP contribution in [0.25, 0.3) is 11.0 Å². The lowest BCUT2D eigenvalue weighted by Gasteiger charge is -2.10. The van der Waals surface area contributed by atoms with E-state index in [9.17, 15) is 4.79 Å². The Balaban J connectivity index is 2.12. The van der Waals surface area contributed by atoms with Crippen molar-refractivity contribution >= 4 is 22.7 Å². The van der Waals surface area contributed by atoms with E-state index in [1.807, 2.05) is 24.3 Å². The highest BCUT2D eigenvalue weighted by Gasteiger charge is 2.14. The Hall–Kier alpha value is -2.60. The first-order valence-corrected chi connectivity index (χ1v) is 7.98. The van der Waals surface area contributed by atoms with Gasteiger partial charge in [0.15, 0.2) is 10.5 Å². The molecule has 0 amide bonds. The van der Waals surface area contributed by atoms with Crippen molar-refractivity contribution in [1.82, 2.24) is 0 Å². The standard InChI is InChI=1S/C18H16O5S/c1-20-11-8-14(22-3)18-12(19)10-17(23-15(18)9-11)24-16-7-5-4-6-13(16)21-2/h4-10H,1-3H3. The van der Waals surface area contributed by atoms with Crippen LogP contribution in [0.5, 0.6) is 17.2 Å². The first-order chi connectivity index (χ1) is 11.7. The quantitative estimate of drug-likeness (QED) is 0.698. The minimum atomic E-state index is -0.173. The van der Waals surface area contributed by atoms with Crippen molar-refractivity contribution in [3.05, 3.63) is 52.7 Å². The molecule has 0 spiro atoms. The minimum absolute atomic E-state index is 0.173. The Kier molecular flexibility index (Phi) is 4.66. The molecule has 3 rings (SSSR count). The van der Waals surface area contributed by atoms with E-state index in [1.165, 1.54) is 24.9 Å². The Morgan fingerprint density at radius 1 is 0.917 bits per heavy atom. The predicted octanol–water partition coefficient (Wildman–Crippen LogP) is 3.97. The smallest absolute Gasteiger partial charge is 0.197 e. The number of fused-ring (bicyclic) bond motifs is 1. The van der Waals surface area contributed by atoms with E-state index in [2.05, 4.69) is 0 Å². The van der Waals surface area contributed by atoms with Gasteiger partial charge in [-0.2, -0.15) is 0 Å². The van der Waals surface area contributed by atoms with Gasteiger partial charge in [-0.15, -0.1) is 0 Å². The van der Waals surface area contributed by atoms with Crippen LogP contribution in [-0.4, -0.2) is 21.3 Å². The fourth-order valence-corrected chi connectivity index (χ4v) is 3.26. The highest BCUT2D eigenvalue weighted by Crippen LogP contribution is 2.37. The number of methoxy groups -OCH3 is 3. The number of hydrogen-bond donors (Lipinski definition) is 0. The van der Waals surface area contributed by atoms with Crippen LogP contribution in [0.15, 0.2) is 61.7 Å². The van der Waals surface area contributed by atoms with Gasteiger partial charge in [0.05, 0.1) is 26.2 Å². The molecule has 0 radical (unpaired) electrons. The van der Waals surface area contributed by atoms with Gasteiger partial charge in [0, 0.05) is 18.2 Å². The third-order valence-electron chi connectivity index (χ3n) is 3.48. The van der Waals surface area contributed by atoms with Crippen molar-refractivity contribution in [3.8, 4) is 17.2 Å². The summed E-state index contributed by atoms with van der Waals surface area (Å²) in [7, 11) is 4.66. The largest absolute Gasteiger partial charge is 0.496 e. The molecule has 3 aromatic rings. The zero-order valence-corrected chi connectivity index (χ0v) is 14.3. The number of para-hydroxylation sites is 1. The summed E-state index contributed by atoms with van der Waals surface area (Å²) in [6, 6.07) is 12.3. The van der Waals surface area contributed by atoms with Gasteiger partial charge in [0.2, 0.25) is 0 Å². The highest BCUT2D eigenvalue weighted by molar-refractivity contribution is 7.99. The monoisotopic (exact) mass is 344 g/mol. The minimum Gasteiger partial charge on any atom is -0.496 e. The van der Waals surface area contributed by atoms with E-state index < -0.39 is 0 Å². The van der Waals surface area contributed by atoms with Crippen LogP contribution in [0.4, 0.5) is 0 Å². The summed E-state index contributed by atoms with van der Waals surface area (Å²) in [5.41, 5.74) is 0.240. The molecule has 6 heteroatoms. The van der Waals surface area contributed by atoms with Gasteiger partial charge >= 0.3 is 0 Å². The van der Waals surface area contributed by atoms with Crippen molar-refractivity contribution in [2.75, 3.05) is 21.3 Å². The van der Waals surface area contributed by atoms with Crippen molar-refractivity contribution in [2.45, 2.75) is 9.99 Å². The first-order valence-electron chi connectivity index (χ1n) is 7.17. The second-order valence-electron chi connectivity index (χ2n) is 4.89. The molecule has 124 valence electrons. The number of rotatable bonds is 5. The van der Waals surface area contributed by atoms with Gasteiger partial charge in [0.25, 0.3) is 0 Å². The van der Waals surface area contributed by atoms with E-state index in [0.29, 0.717) is 33.3 Å². The van der Waals surface area contributed by atoms with E-state index in [4.69, 9.17) is 18.6 Å². The molecule has 0 aliphatic heterocycles.